The zero-order valence-corrected chi connectivity index (χ0v) is 10.4. The van der Waals surface area contributed by atoms with Crippen molar-refractivity contribution in [3.8, 4) is 0 Å². The Labute approximate surface area is 101 Å². The summed E-state index contributed by atoms with van der Waals surface area (Å²) in [7, 11) is 0. The number of hydrogen-bond acceptors (Lipinski definition) is 4. The normalized spacial score (nSPS) is 17.2. The Balaban J connectivity index is 2.02. The molecular formula is C12H18N4O. The maximum absolute atomic E-state index is 12.2. The van der Waals surface area contributed by atoms with Crippen molar-refractivity contribution in [2.24, 2.45) is 0 Å². The highest BCUT2D eigenvalue weighted by Crippen LogP contribution is 2.06. The molecule has 1 aliphatic rings. The average molecular weight is 234 g/mol. The minimum Gasteiger partial charge on any atom is -0.335 e. The lowest BCUT2D eigenvalue weighted by molar-refractivity contribution is 0.0637. The van der Waals surface area contributed by atoms with E-state index < -0.39 is 0 Å². The number of hydrogen-bond donors (Lipinski definition) is 0. The molecule has 5 heteroatoms. The molecule has 5 nitrogen and oxygen atoms in total. The first-order chi connectivity index (χ1) is 8.20. The van der Waals surface area contributed by atoms with Crippen LogP contribution in [-0.2, 0) is 0 Å². The van der Waals surface area contributed by atoms with Crippen molar-refractivity contribution in [2.75, 3.05) is 32.7 Å². The highest BCUT2D eigenvalue weighted by molar-refractivity contribution is 5.92. The topological polar surface area (TPSA) is 49.3 Å². The summed E-state index contributed by atoms with van der Waals surface area (Å²) in [5.74, 6) is 0.661. The minimum absolute atomic E-state index is 0.0197. The molecule has 17 heavy (non-hydrogen) atoms. The van der Waals surface area contributed by atoms with Crippen molar-refractivity contribution < 1.29 is 4.79 Å². The first-order valence-electron chi connectivity index (χ1n) is 6.02. The van der Waals surface area contributed by atoms with Gasteiger partial charge < -0.3 is 9.80 Å². The van der Waals surface area contributed by atoms with Gasteiger partial charge in [0.2, 0.25) is 0 Å². The largest absolute Gasteiger partial charge is 0.335 e. The van der Waals surface area contributed by atoms with Crippen molar-refractivity contribution in [2.45, 2.75) is 13.8 Å². The third-order valence-corrected chi connectivity index (χ3v) is 3.10. The second-order valence-electron chi connectivity index (χ2n) is 4.22. The van der Waals surface area contributed by atoms with Gasteiger partial charge in [-0.25, -0.2) is 9.97 Å². The number of aryl methyl sites for hydroxylation is 1. The Morgan fingerprint density at radius 2 is 2.06 bits per heavy atom. The number of carbonyl (C=O) groups is 1. The molecule has 1 aromatic rings. The zero-order valence-electron chi connectivity index (χ0n) is 10.4. The molecule has 0 bridgehead atoms. The van der Waals surface area contributed by atoms with Gasteiger partial charge in [-0.3, -0.25) is 4.79 Å². The zero-order chi connectivity index (χ0) is 12.3. The Morgan fingerprint density at radius 1 is 1.35 bits per heavy atom. The van der Waals surface area contributed by atoms with E-state index in [-0.39, 0.29) is 5.91 Å². The lowest BCUT2D eigenvalue weighted by atomic mass is 10.2. The number of aromatic nitrogens is 2. The van der Waals surface area contributed by atoms with E-state index in [1.807, 2.05) is 4.90 Å². The summed E-state index contributed by atoms with van der Waals surface area (Å²) >= 11 is 0. The third-order valence-electron chi connectivity index (χ3n) is 3.10. The van der Waals surface area contributed by atoms with Gasteiger partial charge in [0.05, 0.1) is 0 Å². The second-order valence-corrected chi connectivity index (χ2v) is 4.22. The van der Waals surface area contributed by atoms with E-state index in [1.54, 1.807) is 19.2 Å². The number of rotatable bonds is 2. The van der Waals surface area contributed by atoms with Gasteiger partial charge in [0.25, 0.3) is 5.91 Å². The summed E-state index contributed by atoms with van der Waals surface area (Å²) < 4.78 is 0. The van der Waals surface area contributed by atoms with Crippen LogP contribution in [0.4, 0.5) is 0 Å². The molecule has 0 unspecified atom stereocenters. The highest BCUT2D eigenvalue weighted by Gasteiger charge is 2.22. The van der Waals surface area contributed by atoms with Crippen LogP contribution >= 0.6 is 0 Å². The Bertz CT molecular complexity index is 399. The van der Waals surface area contributed by atoms with Crippen LogP contribution in [0.15, 0.2) is 12.3 Å². The lowest BCUT2D eigenvalue weighted by Gasteiger charge is -2.33. The quantitative estimate of drug-likeness (QED) is 0.750. The van der Waals surface area contributed by atoms with E-state index in [0.717, 1.165) is 32.7 Å². The van der Waals surface area contributed by atoms with E-state index in [0.29, 0.717) is 11.5 Å². The van der Waals surface area contributed by atoms with Crippen molar-refractivity contribution in [3.05, 3.63) is 23.8 Å². The van der Waals surface area contributed by atoms with Crippen molar-refractivity contribution >= 4 is 5.91 Å². The van der Waals surface area contributed by atoms with Crippen molar-refractivity contribution in [3.63, 3.8) is 0 Å². The Morgan fingerprint density at radius 3 is 2.65 bits per heavy atom. The molecule has 0 atom stereocenters. The van der Waals surface area contributed by atoms with Crippen molar-refractivity contribution in [1.29, 1.82) is 0 Å². The number of carbonyl (C=O) groups excluding carboxylic acids is 1. The van der Waals surface area contributed by atoms with Crippen LogP contribution in [0.5, 0.6) is 0 Å². The SMILES string of the molecule is CCN1CCN(C(=O)c2ccnc(C)n2)CC1. The van der Waals surface area contributed by atoms with Gasteiger partial charge >= 0.3 is 0 Å². The molecule has 1 aromatic heterocycles. The van der Waals surface area contributed by atoms with Gasteiger partial charge in [-0.05, 0) is 19.5 Å². The van der Waals surface area contributed by atoms with Gasteiger partial charge in [-0.15, -0.1) is 0 Å². The number of likely N-dealkylation sites (N-methyl/N-ethyl adjacent to an activating group) is 1. The maximum Gasteiger partial charge on any atom is 0.272 e. The minimum atomic E-state index is 0.0197. The Kier molecular flexibility index (Phi) is 3.68. The van der Waals surface area contributed by atoms with Crippen LogP contribution in [0.25, 0.3) is 0 Å². The number of piperazine rings is 1. The molecule has 1 amide bonds. The van der Waals surface area contributed by atoms with Crippen LogP contribution in [0.3, 0.4) is 0 Å². The first-order valence-corrected chi connectivity index (χ1v) is 6.02. The van der Waals surface area contributed by atoms with Gasteiger partial charge in [0.15, 0.2) is 0 Å². The third kappa shape index (κ3) is 2.79. The van der Waals surface area contributed by atoms with Crippen LogP contribution < -0.4 is 0 Å². The molecule has 2 rings (SSSR count). The number of amides is 1. The van der Waals surface area contributed by atoms with Crippen LogP contribution in [0, 0.1) is 6.92 Å². The molecule has 92 valence electrons. The summed E-state index contributed by atoms with van der Waals surface area (Å²) in [4.78, 5) is 24.5. The van der Waals surface area contributed by atoms with Crippen LogP contribution in [-0.4, -0.2) is 58.4 Å². The Hall–Kier alpha value is -1.49. The molecule has 1 fully saturated rings. The van der Waals surface area contributed by atoms with E-state index in [9.17, 15) is 4.79 Å². The molecule has 1 saturated heterocycles. The summed E-state index contributed by atoms with van der Waals surface area (Å²) in [5, 5.41) is 0. The maximum atomic E-state index is 12.2. The van der Waals surface area contributed by atoms with Gasteiger partial charge in [-0.1, -0.05) is 6.92 Å². The fourth-order valence-electron chi connectivity index (χ4n) is 2.00. The molecule has 0 radical (unpaired) electrons. The molecular weight excluding hydrogens is 216 g/mol. The van der Waals surface area contributed by atoms with Gasteiger partial charge in [0, 0.05) is 32.4 Å². The fraction of sp³-hybridized carbons (Fsp3) is 0.583. The predicted octanol–water partition coefficient (Wildman–Crippen LogP) is 0.563. The lowest BCUT2D eigenvalue weighted by Crippen LogP contribution is -2.48. The molecule has 0 spiro atoms. The molecule has 2 heterocycles. The van der Waals surface area contributed by atoms with Gasteiger partial charge in [0.1, 0.15) is 11.5 Å². The molecule has 0 aliphatic carbocycles. The first kappa shape index (κ1) is 12.0. The predicted molar refractivity (Wildman–Crippen MR) is 64.8 cm³/mol. The van der Waals surface area contributed by atoms with Gasteiger partial charge in [-0.2, -0.15) is 0 Å². The molecule has 0 aromatic carbocycles. The van der Waals surface area contributed by atoms with E-state index >= 15 is 0 Å². The van der Waals surface area contributed by atoms with Crippen molar-refractivity contribution in [1.82, 2.24) is 19.8 Å². The van der Waals surface area contributed by atoms with Crippen LogP contribution in [0.1, 0.15) is 23.2 Å². The fourth-order valence-corrected chi connectivity index (χ4v) is 2.00. The summed E-state index contributed by atoms with van der Waals surface area (Å²) in [5.41, 5.74) is 0.502. The molecule has 1 aliphatic heterocycles. The standard InChI is InChI=1S/C12H18N4O/c1-3-15-6-8-16(9-7-15)12(17)11-4-5-13-10(2)14-11/h4-5H,3,6-9H2,1-2H3. The van der Waals surface area contributed by atoms with E-state index in [2.05, 4.69) is 21.8 Å². The van der Waals surface area contributed by atoms with E-state index in [4.69, 9.17) is 0 Å². The summed E-state index contributed by atoms with van der Waals surface area (Å²) in [6, 6.07) is 1.68. The average Bonchev–Trinajstić information content (AvgIpc) is 2.38. The summed E-state index contributed by atoms with van der Waals surface area (Å²) in [6.07, 6.45) is 1.64. The molecule has 0 saturated carbocycles. The second kappa shape index (κ2) is 5.23. The number of nitrogens with zero attached hydrogens (tertiary/aromatic N) is 4. The highest BCUT2D eigenvalue weighted by atomic mass is 16.2. The van der Waals surface area contributed by atoms with E-state index in [1.165, 1.54) is 0 Å². The molecule has 0 N–H and O–H groups in total. The summed E-state index contributed by atoms with van der Waals surface area (Å²) in [6.45, 7) is 8.47. The smallest absolute Gasteiger partial charge is 0.272 e. The monoisotopic (exact) mass is 234 g/mol. The van der Waals surface area contributed by atoms with Crippen LogP contribution in [0.2, 0.25) is 0 Å².